The molecule has 0 aromatic heterocycles. The number of carbonyl (C=O) groups is 1. The minimum Gasteiger partial charge on any atom is -0.392 e. The lowest BCUT2D eigenvalue weighted by Gasteiger charge is -2.30. The zero-order valence-electron chi connectivity index (χ0n) is 12.2. The third kappa shape index (κ3) is 3.40. The Labute approximate surface area is 130 Å². The molecule has 0 heterocycles. The van der Waals surface area contributed by atoms with E-state index < -0.39 is 5.41 Å². The first-order valence-corrected chi connectivity index (χ1v) is 7.74. The average Bonchev–Trinajstić information content (AvgIpc) is 2.69. The van der Waals surface area contributed by atoms with E-state index in [2.05, 4.69) is 5.32 Å². The minimum atomic E-state index is -0.770. The summed E-state index contributed by atoms with van der Waals surface area (Å²) >= 11 is 5.18. The molecule has 2 rings (SSSR count). The van der Waals surface area contributed by atoms with Crippen molar-refractivity contribution in [2.24, 2.45) is 11.1 Å². The second kappa shape index (κ2) is 6.52. The first-order chi connectivity index (χ1) is 9.95. The van der Waals surface area contributed by atoms with Gasteiger partial charge in [-0.25, -0.2) is 4.39 Å². The average molecular weight is 308 g/mol. The number of amides is 1. The van der Waals surface area contributed by atoms with Gasteiger partial charge in [-0.2, -0.15) is 0 Å². The van der Waals surface area contributed by atoms with E-state index in [9.17, 15) is 9.18 Å². The van der Waals surface area contributed by atoms with Crippen LogP contribution < -0.4 is 11.1 Å². The molecule has 5 heteroatoms. The molecular formula is C16H21FN2OS. The molecule has 1 aliphatic carbocycles. The molecule has 1 aliphatic rings. The number of hydrogen-bond acceptors (Lipinski definition) is 2. The van der Waals surface area contributed by atoms with Crippen molar-refractivity contribution in [2.45, 2.75) is 45.4 Å². The molecule has 1 amide bonds. The highest BCUT2D eigenvalue weighted by atomic mass is 32.1. The topological polar surface area (TPSA) is 55.1 Å². The largest absolute Gasteiger partial charge is 0.392 e. The van der Waals surface area contributed by atoms with Crippen LogP contribution >= 0.6 is 12.2 Å². The van der Waals surface area contributed by atoms with Gasteiger partial charge in [-0.05, 0) is 43.5 Å². The fraction of sp³-hybridized carbons (Fsp3) is 0.500. The van der Waals surface area contributed by atoms with Gasteiger partial charge in [-0.1, -0.05) is 37.9 Å². The van der Waals surface area contributed by atoms with Crippen LogP contribution in [0.5, 0.6) is 0 Å². The molecule has 1 aromatic carbocycles. The molecule has 0 bridgehead atoms. The maximum absolute atomic E-state index is 13.3. The van der Waals surface area contributed by atoms with Gasteiger partial charge in [0, 0.05) is 5.69 Å². The fourth-order valence-corrected chi connectivity index (χ4v) is 3.19. The Hall–Kier alpha value is -1.49. The van der Waals surface area contributed by atoms with Gasteiger partial charge in [-0.3, -0.25) is 4.79 Å². The van der Waals surface area contributed by atoms with Gasteiger partial charge >= 0.3 is 0 Å². The maximum atomic E-state index is 13.3. The Bertz CT molecular complexity index is 551. The molecular weight excluding hydrogens is 287 g/mol. The molecule has 0 radical (unpaired) electrons. The zero-order valence-corrected chi connectivity index (χ0v) is 13.1. The number of halogens is 1. The summed E-state index contributed by atoms with van der Waals surface area (Å²) in [5.41, 5.74) is 6.20. The highest BCUT2D eigenvalue weighted by Crippen LogP contribution is 2.36. The third-order valence-corrected chi connectivity index (χ3v) is 4.67. The quantitative estimate of drug-likeness (QED) is 0.661. The highest BCUT2D eigenvalue weighted by Gasteiger charge is 2.41. The van der Waals surface area contributed by atoms with Crippen molar-refractivity contribution in [3.63, 3.8) is 0 Å². The van der Waals surface area contributed by atoms with Crippen LogP contribution in [0, 0.1) is 18.2 Å². The standard InChI is InChI=1S/C16H21FN2OS/c1-11-10-12(6-7-13(11)17)19-15(20)16(14(18)21)8-4-2-3-5-9-16/h6-7,10H,2-5,8-9H2,1H3,(H2,18,21)(H,19,20). The lowest BCUT2D eigenvalue weighted by atomic mass is 9.79. The van der Waals surface area contributed by atoms with Gasteiger partial charge in [0.1, 0.15) is 5.82 Å². The van der Waals surface area contributed by atoms with Crippen LogP contribution in [0.25, 0.3) is 0 Å². The van der Waals surface area contributed by atoms with Crippen molar-refractivity contribution in [2.75, 3.05) is 5.32 Å². The van der Waals surface area contributed by atoms with E-state index in [-0.39, 0.29) is 16.7 Å². The lowest BCUT2D eigenvalue weighted by Crippen LogP contribution is -2.45. The molecule has 0 saturated heterocycles. The van der Waals surface area contributed by atoms with Crippen LogP contribution in [0.15, 0.2) is 18.2 Å². The van der Waals surface area contributed by atoms with Gasteiger partial charge in [0.05, 0.1) is 10.4 Å². The van der Waals surface area contributed by atoms with E-state index in [0.29, 0.717) is 24.1 Å². The first-order valence-electron chi connectivity index (χ1n) is 7.33. The van der Waals surface area contributed by atoms with E-state index in [4.69, 9.17) is 18.0 Å². The number of nitrogens with one attached hydrogen (secondary N) is 1. The van der Waals surface area contributed by atoms with E-state index in [1.54, 1.807) is 19.1 Å². The molecule has 1 saturated carbocycles. The van der Waals surface area contributed by atoms with Crippen molar-refractivity contribution in [3.05, 3.63) is 29.6 Å². The summed E-state index contributed by atoms with van der Waals surface area (Å²) in [4.78, 5) is 13.0. The zero-order chi connectivity index (χ0) is 15.5. The van der Waals surface area contributed by atoms with Gasteiger partial charge in [0.15, 0.2) is 0 Å². The van der Waals surface area contributed by atoms with Crippen molar-refractivity contribution < 1.29 is 9.18 Å². The maximum Gasteiger partial charge on any atom is 0.237 e. The molecule has 0 spiro atoms. The van der Waals surface area contributed by atoms with E-state index in [0.717, 1.165) is 25.7 Å². The summed E-state index contributed by atoms with van der Waals surface area (Å²) in [5.74, 6) is -0.450. The van der Waals surface area contributed by atoms with Crippen molar-refractivity contribution in [1.29, 1.82) is 0 Å². The third-order valence-electron chi connectivity index (χ3n) is 4.28. The van der Waals surface area contributed by atoms with Crippen LogP contribution in [-0.4, -0.2) is 10.9 Å². The van der Waals surface area contributed by atoms with Gasteiger partial charge < -0.3 is 11.1 Å². The number of rotatable bonds is 3. The predicted molar refractivity (Wildman–Crippen MR) is 86.7 cm³/mol. The predicted octanol–water partition coefficient (Wildman–Crippen LogP) is 3.70. The Morgan fingerprint density at radius 3 is 2.43 bits per heavy atom. The molecule has 0 unspecified atom stereocenters. The molecule has 1 fully saturated rings. The first kappa shape index (κ1) is 15.9. The second-order valence-corrected chi connectivity index (χ2v) is 6.22. The van der Waals surface area contributed by atoms with Crippen LogP contribution in [0.4, 0.5) is 10.1 Å². The van der Waals surface area contributed by atoms with Crippen LogP contribution in [-0.2, 0) is 4.79 Å². The van der Waals surface area contributed by atoms with E-state index in [1.165, 1.54) is 6.07 Å². The summed E-state index contributed by atoms with van der Waals surface area (Å²) in [6.07, 6.45) is 5.49. The number of carbonyl (C=O) groups excluding carboxylic acids is 1. The number of anilines is 1. The second-order valence-electron chi connectivity index (χ2n) is 5.78. The molecule has 3 N–H and O–H groups in total. The van der Waals surface area contributed by atoms with Crippen molar-refractivity contribution in [3.8, 4) is 0 Å². The highest BCUT2D eigenvalue weighted by molar-refractivity contribution is 7.80. The Balaban J connectivity index is 2.22. The Morgan fingerprint density at radius 2 is 1.90 bits per heavy atom. The van der Waals surface area contributed by atoms with Gasteiger partial charge in [-0.15, -0.1) is 0 Å². The van der Waals surface area contributed by atoms with Crippen LogP contribution in [0.3, 0.4) is 0 Å². The summed E-state index contributed by atoms with van der Waals surface area (Å²) < 4.78 is 13.3. The molecule has 0 atom stereocenters. The molecule has 21 heavy (non-hydrogen) atoms. The summed E-state index contributed by atoms with van der Waals surface area (Å²) in [5, 5.41) is 2.86. The molecule has 3 nitrogen and oxygen atoms in total. The molecule has 1 aromatic rings. The van der Waals surface area contributed by atoms with Crippen LogP contribution in [0.2, 0.25) is 0 Å². The number of aryl methyl sites for hydroxylation is 1. The molecule has 0 aliphatic heterocycles. The SMILES string of the molecule is Cc1cc(NC(=O)C2(C(N)=S)CCCCCC2)ccc1F. The fourth-order valence-electron chi connectivity index (χ4n) is 2.89. The van der Waals surface area contributed by atoms with Crippen molar-refractivity contribution in [1.82, 2.24) is 0 Å². The normalized spacial score (nSPS) is 17.8. The summed E-state index contributed by atoms with van der Waals surface area (Å²) in [7, 11) is 0. The number of nitrogens with two attached hydrogens (primary N) is 1. The van der Waals surface area contributed by atoms with E-state index in [1.807, 2.05) is 0 Å². The van der Waals surface area contributed by atoms with Gasteiger partial charge in [0.2, 0.25) is 5.91 Å². The monoisotopic (exact) mass is 308 g/mol. The van der Waals surface area contributed by atoms with Gasteiger partial charge in [0.25, 0.3) is 0 Å². The smallest absolute Gasteiger partial charge is 0.237 e. The number of hydrogen-bond donors (Lipinski definition) is 2. The summed E-state index contributed by atoms with van der Waals surface area (Å²) in [6.45, 7) is 1.67. The number of benzene rings is 1. The van der Waals surface area contributed by atoms with Crippen molar-refractivity contribution >= 4 is 28.8 Å². The Morgan fingerprint density at radius 1 is 1.29 bits per heavy atom. The lowest BCUT2D eigenvalue weighted by molar-refractivity contribution is -0.122. The Kier molecular flexibility index (Phi) is 4.93. The van der Waals surface area contributed by atoms with Crippen LogP contribution in [0.1, 0.15) is 44.1 Å². The van der Waals surface area contributed by atoms with E-state index >= 15 is 0 Å². The minimum absolute atomic E-state index is 0.164. The molecule has 114 valence electrons. The summed E-state index contributed by atoms with van der Waals surface area (Å²) in [6, 6.07) is 4.53. The number of thiocarbonyl (C=S) groups is 1.